The van der Waals surface area contributed by atoms with E-state index >= 15 is 0 Å². The Morgan fingerprint density at radius 2 is 2.10 bits per heavy atom. The largest absolute Gasteiger partial charge is 0.497 e. The molecule has 0 spiro atoms. The maximum absolute atomic E-state index is 12.1. The van der Waals surface area contributed by atoms with Crippen molar-refractivity contribution < 1.29 is 14.3 Å². The molecule has 1 aromatic heterocycles. The minimum atomic E-state index is -0.201. The molecule has 0 aliphatic rings. The van der Waals surface area contributed by atoms with E-state index < -0.39 is 0 Å². The first-order chi connectivity index (χ1) is 10.1. The molecule has 0 aliphatic heterocycles. The quantitative estimate of drug-likeness (QED) is 0.863. The van der Waals surface area contributed by atoms with Gasteiger partial charge in [0.05, 0.1) is 26.3 Å². The topological polar surface area (TPSA) is 60.5 Å². The Balaban J connectivity index is 2.11. The van der Waals surface area contributed by atoms with Crippen LogP contribution in [0.4, 0.5) is 5.69 Å². The second kappa shape index (κ2) is 6.95. The van der Waals surface area contributed by atoms with Crippen LogP contribution < -0.4 is 14.8 Å². The van der Waals surface area contributed by atoms with Gasteiger partial charge < -0.3 is 14.8 Å². The fraction of sp³-hybridized carbons (Fsp3) is 0.200. The van der Waals surface area contributed by atoms with Gasteiger partial charge in [0.2, 0.25) is 5.91 Å². The smallest absolute Gasteiger partial charge is 0.229 e. The number of carbonyl (C=O) groups is 1. The molecule has 110 valence electrons. The molecule has 2 aromatic rings. The SMILES string of the molecule is COc1ccc(CC(=O)Nc2cccnc2Cl)c(OC)c1. The molecule has 1 heterocycles. The summed E-state index contributed by atoms with van der Waals surface area (Å²) in [5.41, 5.74) is 1.24. The number of methoxy groups -OCH3 is 2. The number of hydrogen-bond acceptors (Lipinski definition) is 4. The van der Waals surface area contributed by atoms with E-state index in [-0.39, 0.29) is 17.5 Å². The molecule has 0 atom stereocenters. The van der Waals surface area contributed by atoms with E-state index in [4.69, 9.17) is 21.1 Å². The summed E-state index contributed by atoms with van der Waals surface area (Å²) in [6, 6.07) is 8.71. The number of aromatic nitrogens is 1. The Hall–Kier alpha value is -2.27. The van der Waals surface area contributed by atoms with Crippen LogP contribution in [0.15, 0.2) is 36.5 Å². The van der Waals surface area contributed by atoms with Gasteiger partial charge in [-0.15, -0.1) is 0 Å². The second-order valence-corrected chi connectivity index (χ2v) is 4.60. The molecule has 21 heavy (non-hydrogen) atoms. The van der Waals surface area contributed by atoms with E-state index in [1.807, 2.05) is 0 Å². The fourth-order valence-electron chi connectivity index (χ4n) is 1.84. The van der Waals surface area contributed by atoms with Gasteiger partial charge in [-0.1, -0.05) is 17.7 Å². The molecule has 1 aromatic carbocycles. The summed E-state index contributed by atoms with van der Waals surface area (Å²) >= 11 is 5.90. The van der Waals surface area contributed by atoms with Crippen LogP contribution in [0.2, 0.25) is 5.15 Å². The first kappa shape index (κ1) is 15.1. The number of carbonyl (C=O) groups excluding carboxylic acids is 1. The molecule has 2 rings (SSSR count). The first-order valence-electron chi connectivity index (χ1n) is 6.25. The fourth-order valence-corrected chi connectivity index (χ4v) is 2.01. The summed E-state index contributed by atoms with van der Waals surface area (Å²) in [5.74, 6) is 1.07. The van der Waals surface area contributed by atoms with Crippen LogP contribution in [0, 0.1) is 0 Å². The number of nitrogens with one attached hydrogen (secondary N) is 1. The zero-order valence-corrected chi connectivity index (χ0v) is 12.5. The van der Waals surface area contributed by atoms with E-state index in [1.54, 1.807) is 50.7 Å². The molecule has 1 N–H and O–H groups in total. The molecule has 0 bridgehead atoms. The number of pyridine rings is 1. The van der Waals surface area contributed by atoms with E-state index in [9.17, 15) is 4.79 Å². The molecule has 0 unspecified atom stereocenters. The second-order valence-electron chi connectivity index (χ2n) is 4.24. The molecule has 0 saturated carbocycles. The van der Waals surface area contributed by atoms with Crippen LogP contribution in [0.1, 0.15) is 5.56 Å². The van der Waals surface area contributed by atoms with Crippen LogP contribution in [0.25, 0.3) is 0 Å². The van der Waals surface area contributed by atoms with E-state index in [0.717, 1.165) is 5.56 Å². The van der Waals surface area contributed by atoms with Gasteiger partial charge >= 0.3 is 0 Å². The monoisotopic (exact) mass is 306 g/mol. The molecular weight excluding hydrogens is 292 g/mol. The van der Waals surface area contributed by atoms with Gasteiger partial charge in [-0.25, -0.2) is 4.98 Å². The summed E-state index contributed by atoms with van der Waals surface area (Å²) < 4.78 is 10.4. The number of ether oxygens (including phenoxy) is 2. The van der Waals surface area contributed by atoms with Crippen molar-refractivity contribution in [3.8, 4) is 11.5 Å². The summed E-state index contributed by atoms with van der Waals surface area (Å²) in [6.45, 7) is 0. The van der Waals surface area contributed by atoms with Crippen LogP contribution in [0.3, 0.4) is 0 Å². The standard InChI is InChI=1S/C15H15ClN2O3/c1-20-11-6-5-10(13(9-11)21-2)8-14(19)18-12-4-3-7-17-15(12)16/h3-7,9H,8H2,1-2H3,(H,18,19). The van der Waals surface area contributed by atoms with E-state index in [0.29, 0.717) is 17.2 Å². The zero-order chi connectivity index (χ0) is 15.2. The normalized spacial score (nSPS) is 10.0. The first-order valence-corrected chi connectivity index (χ1v) is 6.63. The average Bonchev–Trinajstić information content (AvgIpc) is 2.50. The molecule has 5 nitrogen and oxygen atoms in total. The molecule has 0 fully saturated rings. The number of hydrogen-bond donors (Lipinski definition) is 1. The van der Waals surface area contributed by atoms with Crippen molar-refractivity contribution in [3.05, 3.63) is 47.2 Å². The minimum Gasteiger partial charge on any atom is -0.497 e. The number of nitrogens with zero attached hydrogens (tertiary/aromatic N) is 1. The Labute approximate surface area is 127 Å². The molecule has 6 heteroatoms. The zero-order valence-electron chi connectivity index (χ0n) is 11.7. The van der Waals surface area contributed by atoms with Gasteiger partial charge in [0.25, 0.3) is 0 Å². The summed E-state index contributed by atoms with van der Waals surface area (Å²) in [4.78, 5) is 16.0. The van der Waals surface area contributed by atoms with Crippen molar-refractivity contribution in [2.75, 3.05) is 19.5 Å². The van der Waals surface area contributed by atoms with Crippen LogP contribution in [0.5, 0.6) is 11.5 Å². The molecular formula is C15H15ClN2O3. The van der Waals surface area contributed by atoms with E-state index in [2.05, 4.69) is 10.3 Å². The lowest BCUT2D eigenvalue weighted by Crippen LogP contribution is -2.15. The lowest BCUT2D eigenvalue weighted by molar-refractivity contribution is -0.115. The van der Waals surface area contributed by atoms with Gasteiger partial charge in [0.1, 0.15) is 11.5 Å². The highest BCUT2D eigenvalue weighted by Crippen LogP contribution is 2.25. The van der Waals surface area contributed by atoms with Gasteiger partial charge in [-0.2, -0.15) is 0 Å². The van der Waals surface area contributed by atoms with Gasteiger partial charge in [0.15, 0.2) is 5.15 Å². The Morgan fingerprint density at radius 3 is 2.76 bits per heavy atom. The lowest BCUT2D eigenvalue weighted by atomic mass is 10.1. The third-order valence-electron chi connectivity index (χ3n) is 2.88. The number of amides is 1. The van der Waals surface area contributed by atoms with E-state index in [1.165, 1.54) is 0 Å². The van der Waals surface area contributed by atoms with Crippen LogP contribution in [-0.4, -0.2) is 25.1 Å². The predicted molar refractivity (Wildman–Crippen MR) is 81.1 cm³/mol. The van der Waals surface area contributed by atoms with Crippen molar-refractivity contribution >= 4 is 23.2 Å². The lowest BCUT2D eigenvalue weighted by Gasteiger charge is -2.11. The summed E-state index contributed by atoms with van der Waals surface area (Å²) in [7, 11) is 3.12. The highest BCUT2D eigenvalue weighted by molar-refractivity contribution is 6.32. The van der Waals surface area contributed by atoms with Gasteiger partial charge in [0, 0.05) is 17.8 Å². The number of rotatable bonds is 5. The third-order valence-corrected chi connectivity index (χ3v) is 3.18. The van der Waals surface area contributed by atoms with Crippen molar-refractivity contribution in [1.82, 2.24) is 4.98 Å². The van der Waals surface area contributed by atoms with Crippen LogP contribution >= 0.6 is 11.6 Å². The van der Waals surface area contributed by atoms with Crippen LogP contribution in [-0.2, 0) is 11.2 Å². The Kier molecular flexibility index (Phi) is 5.00. The molecule has 1 amide bonds. The number of halogens is 1. The van der Waals surface area contributed by atoms with Gasteiger partial charge in [-0.3, -0.25) is 4.79 Å². The number of benzene rings is 1. The molecule has 0 saturated heterocycles. The maximum Gasteiger partial charge on any atom is 0.229 e. The Morgan fingerprint density at radius 1 is 1.29 bits per heavy atom. The molecule has 0 radical (unpaired) electrons. The van der Waals surface area contributed by atoms with Crippen molar-refractivity contribution in [2.45, 2.75) is 6.42 Å². The number of anilines is 1. The summed E-state index contributed by atoms with van der Waals surface area (Å²) in [6.07, 6.45) is 1.73. The predicted octanol–water partition coefficient (Wildman–Crippen LogP) is 2.93. The van der Waals surface area contributed by atoms with Crippen molar-refractivity contribution in [1.29, 1.82) is 0 Å². The molecule has 0 aliphatic carbocycles. The Bertz CT molecular complexity index is 647. The van der Waals surface area contributed by atoms with Gasteiger partial charge in [-0.05, 0) is 18.2 Å². The third kappa shape index (κ3) is 3.86. The summed E-state index contributed by atoms with van der Waals surface area (Å²) in [5, 5.41) is 2.98. The van der Waals surface area contributed by atoms with Crippen molar-refractivity contribution in [2.24, 2.45) is 0 Å². The maximum atomic E-state index is 12.1. The van der Waals surface area contributed by atoms with Crippen molar-refractivity contribution in [3.63, 3.8) is 0 Å². The minimum absolute atomic E-state index is 0.165. The highest BCUT2D eigenvalue weighted by atomic mass is 35.5. The highest BCUT2D eigenvalue weighted by Gasteiger charge is 2.11. The average molecular weight is 307 g/mol.